The minimum Gasteiger partial charge on any atom is -0.307 e. The van der Waals surface area contributed by atoms with Crippen molar-refractivity contribution in [3.05, 3.63) is 17.5 Å². The molecule has 0 bridgehead atoms. The summed E-state index contributed by atoms with van der Waals surface area (Å²) in [7, 11) is 0. The molecule has 0 unspecified atom stereocenters. The van der Waals surface area contributed by atoms with Crippen molar-refractivity contribution in [2.45, 2.75) is 19.5 Å². The molecule has 0 saturated heterocycles. The maximum Gasteiger partial charge on any atom is 0.262 e. The van der Waals surface area contributed by atoms with Crippen LogP contribution in [0.2, 0.25) is 5.15 Å². The first-order valence-electron chi connectivity index (χ1n) is 3.87. The van der Waals surface area contributed by atoms with E-state index in [1.807, 2.05) is 0 Å². The van der Waals surface area contributed by atoms with Crippen LogP contribution in [0, 0.1) is 0 Å². The Bertz CT molecular complexity index is 351. The Morgan fingerprint density at radius 2 is 2.21 bits per heavy atom. The van der Waals surface area contributed by atoms with Crippen molar-refractivity contribution in [3.8, 4) is 0 Å². The molecule has 0 aliphatic rings. The number of alkyl halides is 1. The van der Waals surface area contributed by atoms with Gasteiger partial charge in [0, 0.05) is 0 Å². The Kier molecular flexibility index (Phi) is 3.00. The van der Waals surface area contributed by atoms with E-state index in [2.05, 4.69) is 15.3 Å². The van der Waals surface area contributed by atoms with Crippen LogP contribution in [0.5, 0.6) is 0 Å². The molecule has 1 N–H and O–H groups in total. The Morgan fingerprint density at radius 3 is 2.71 bits per heavy atom. The van der Waals surface area contributed by atoms with Crippen molar-refractivity contribution in [3.63, 3.8) is 0 Å². The van der Waals surface area contributed by atoms with Crippen LogP contribution >= 0.6 is 11.6 Å². The van der Waals surface area contributed by atoms with Gasteiger partial charge < -0.3 is 5.32 Å². The van der Waals surface area contributed by atoms with Crippen LogP contribution in [-0.2, 0) is 4.79 Å². The van der Waals surface area contributed by atoms with Gasteiger partial charge in [-0.25, -0.2) is 9.37 Å². The smallest absolute Gasteiger partial charge is 0.262 e. The summed E-state index contributed by atoms with van der Waals surface area (Å²) in [6.07, 6.45) is 2.60. The summed E-state index contributed by atoms with van der Waals surface area (Å²) < 4.78 is 13.1. The molecule has 6 heteroatoms. The zero-order chi connectivity index (χ0) is 10.8. The Balaban J connectivity index is 2.75. The van der Waals surface area contributed by atoms with Crippen molar-refractivity contribution in [2.75, 3.05) is 5.32 Å². The molecule has 0 spiro atoms. The van der Waals surface area contributed by atoms with Gasteiger partial charge in [-0.05, 0) is 13.8 Å². The normalized spacial score (nSPS) is 11.1. The average Bonchev–Trinajstić information content (AvgIpc) is 2.02. The molecule has 0 radical (unpaired) electrons. The third-order valence-corrected chi connectivity index (χ3v) is 1.57. The molecular formula is C8H9ClFN3O. The fraction of sp³-hybridized carbons (Fsp3) is 0.375. The standard InChI is InChI=1S/C8H9ClFN3O/c1-8(2,10)7(14)13-6-4-11-3-5(9)12-6/h3-4H,1-2H3,(H,12,13,14). The van der Waals surface area contributed by atoms with Crippen molar-refractivity contribution in [2.24, 2.45) is 0 Å². The molecule has 1 aromatic rings. The van der Waals surface area contributed by atoms with Crippen molar-refractivity contribution in [1.82, 2.24) is 9.97 Å². The van der Waals surface area contributed by atoms with E-state index in [9.17, 15) is 9.18 Å². The highest BCUT2D eigenvalue weighted by atomic mass is 35.5. The summed E-state index contributed by atoms with van der Waals surface area (Å²) in [5.41, 5.74) is -1.95. The van der Waals surface area contributed by atoms with Gasteiger partial charge >= 0.3 is 0 Å². The number of nitrogens with zero attached hydrogens (tertiary/aromatic N) is 2. The maximum absolute atomic E-state index is 13.1. The van der Waals surface area contributed by atoms with Gasteiger partial charge in [-0.15, -0.1) is 0 Å². The molecule has 14 heavy (non-hydrogen) atoms. The summed E-state index contributed by atoms with van der Waals surface area (Å²) in [4.78, 5) is 18.6. The number of hydrogen-bond donors (Lipinski definition) is 1. The molecule has 0 aliphatic carbocycles. The summed E-state index contributed by atoms with van der Waals surface area (Å²) in [5.74, 6) is -0.651. The molecule has 1 aromatic heterocycles. The fourth-order valence-corrected chi connectivity index (χ4v) is 0.815. The predicted octanol–water partition coefficient (Wildman–Crippen LogP) is 1.82. The Morgan fingerprint density at radius 1 is 1.57 bits per heavy atom. The highest BCUT2D eigenvalue weighted by Crippen LogP contribution is 2.12. The lowest BCUT2D eigenvalue weighted by atomic mass is 10.1. The first-order chi connectivity index (χ1) is 6.39. The summed E-state index contributed by atoms with van der Waals surface area (Å²) in [5, 5.41) is 2.39. The van der Waals surface area contributed by atoms with Crippen molar-refractivity contribution >= 4 is 23.3 Å². The first kappa shape index (κ1) is 10.8. The molecule has 0 aromatic carbocycles. The highest BCUT2D eigenvalue weighted by molar-refractivity contribution is 6.29. The number of amides is 1. The Hall–Kier alpha value is -1.23. The van der Waals surface area contributed by atoms with Crippen LogP contribution in [0.1, 0.15) is 13.8 Å². The second-order valence-electron chi connectivity index (χ2n) is 3.15. The quantitative estimate of drug-likeness (QED) is 0.822. The number of anilines is 1. The van der Waals surface area contributed by atoms with Crippen molar-refractivity contribution in [1.29, 1.82) is 0 Å². The number of nitrogens with one attached hydrogen (secondary N) is 1. The summed E-state index contributed by atoms with van der Waals surface area (Å²) >= 11 is 5.52. The zero-order valence-electron chi connectivity index (χ0n) is 7.71. The second-order valence-corrected chi connectivity index (χ2v) is 3.54. The van der Waals surface area contributed by atoms with E-state index < -0.39 is 11.6 Å². The van der Waals surface area contributed by atoms with Gasteiger partial charge in [0.1, 0.15) is 5.15 Å². The van der Waals surface area contributed by atoms with Crippen LogP contribution in [0.4, 0.5) is 10.2 Å². The van der Waals surface area contributed by atoms with Gasteiger partial charge in [-0.3, -0.25) is 9.78 Å². The number of rotatable bonds is 2. The number of hydrogen-bond acceptors (Lipinski definition) is 3. The molecule has 1 amide bonds. The van der Waals surface area contributed by atoms with Gasteiger partial charge in [0.15, 0.2) is 11.5 Å². The molecule has 1 rings (SSSR count). The number of carbonyl (C=O) groups excluding carboxylic acids is 1. The van der Waals surface area contributed by atoms with Gasteiger partial charge in [0.2, 0.25) is 0 Å². The summed E-state index contributed by atoms with van der Waals surface area (Å²) in [6, 6.07) is 0. The fourth-order valence-electron chi connectivity index (χ4n) is 0.667. The Labute approximate surface area is 85.5 Å². The van der Waals surface area contributed by atoms with Crippen molar-refractivity contribution < 1.29 is 9.18 Å². The second kappa shape index (κ2) is 3.88. The molecular weight excluding hydrogens is 209 g/mol. The molecule has 0 aliphatic heterocycles. The van der Waals surface area contributed by atoms with Crippen LogP contribution in [0.25, 0.3) is 0 Å². The van der Waals surface area contributed by atoms with E-state index in [0.29, 0.717) is 0 Å². The highest BCUT2D eigenvalue weighted by Gasteiger charge is 2.26. The van der Waals surface area contributed by atoms with E-state index in [1.54, 1.807) is 0 Å². The monoisotopic (exact) mass is 217 g/mol. The van der Waals surface area contributed by atoms with Gasteiger partial charge in [-0.1, -0.05) is 11.6 Å². The zero-order valence-corrected chi connectivity index (χ0v) is 8.47. The van der Waals surface area contributed by atoms with E-state index in [0.717, 1.165) is 13.8 Å². The topological polar surface area (TPSA) is 54.9 Å². The lowest BCUT2D eigenvalue weighted by molar-refractivity contribution is -0.125. The van der Waals surface area contributed by atoms with Gasteiger partial charge in [-0.2, -0.15) is 0 Å². The largest absolute Gasteiger partial charge is 0.307 e. The molecule has 0 atom stereocenters. The minimum absolute atomic E-state index is 0.133. The minimum atomic E-state index is -1.95. The van der Waals surface area contributed by atoms with E-state index in [1.165, 1.54) is 12.4 Å². The van der Waals surface area contributed by atoms with E-state index in [-0.39, 0.29) is 11.0 Å². The molecule has 1 heterocycles. The SMILES string of the molecule is CC(C)(F)C(=O)Nc1cncc(Cl)n1. The molecule has 4 nitrogen and oxygen atoms in total. The lowest BCUT2D eigenvalue weighted by Crippen LogP contribution is -2.32. The van der Waals surface area contributed by atoms with Crippen LogP contribution < -0.4 is 5.32 Å². The van der Waals surface area contributed by atoms with Crippen LogP contribution in [0.15, 0.2) is 12.4 Å². The molecule has 76 valence electrons. The summed E-state index contributed by atoms with van der Waals surface area (Å²) in [6.45, 7) is 2.31. The average molecular weight is 218 g/mol. The van der Waals surface area contributed by atoms with Gasteiger partial charge in [0.05, 0.1) is 12.4 Å². The first-order valence-corrected chi connectivity index (χ1v) is 4.25. The number of aromatic nitrogens is 2. The number of carbonyl (C=O) groups is 1. The molecule has 0 saturated carbocycles. The van der Waals surface area contributed by atoms with E-state index in [4.69, 9.17) is 11.6 Å². The predicted molar refractivity (Wildman–Crippen MR) is 50.9 cm³/mol. The third-order valence-electron chi connectivity index (χ3n) is 1.39. The maximum atomic E-state index is 13.1. The van der Waals surface area contributed by atoms with Gasteiger partial charge in [0.25, 0.3) is 5.91 Å². The van der Waals surface area contributed by atoms with Crippen LogP contribution in [0.3, 0.4) is 0 Å². The third kappa shape index (κ3) is 2.92. The number of halogens is 2. The van der Waals surface area contributed by atoms with E-state index >= 15 is 0 Å². The van der Waals surface area contributed by atoms with Crippen LogP contribution in [-0.4, -0.2) is 21.5 Å². The lowest BCUT2D eigenvalue weighted by Gasteiger charge is -2.12. The molecule has 0 fully saturated rings.